The van der Waals surface area contributed by atoms with Crippen LogP contribution in [0.2, 0.25) is 0 Å². The summed E-state index contributed by atoms with van der Waals surface area (Å²) in [6.07, 6.45) is 7.51. The summed E-state index contributed by atoms with van der Waals surface area (Å²) in [6.45, 7) is 2.24. The second-order valence-corrected chi connectivity index (χ2v) is 5.44. The molecule has 2 aromatic rings. The number of hydrogen-bond acceptors (Lipinski definition) is 3. The van der Waals surface area contributed by atoms with Gasteiger partial charge in [-0.3, -0.25) is 5.10 Å². The molecule has 1 fully saturated rings. The molecule has 1 aromatic heterocycles. The Labute approximate surface area is 119 Å². The number of ether oxygens (including phenoxy) is 1. The molecule has 20 heavy (non-hydrogen) atoms. The van der Waals surface area contributed by atoms with Gasteiger partial charge in [0.2, 0.25) is 0 Å². The largest absolute Gasteiger partial charge is 0.497 e. The van der Waals surface area contributed by atoms with Crippen molar-refractivity contribution >= 4 is 5.69 Å². The van der Waals surface area contributed by atoms with Gasteiger partial charge in [-0.2, -0.15) is 5.10 Å². The Hall–Kier alpha value is -1.97. The lowest BCUT2D eigenvalue weighted by Crippen LogP contribution is -2.34. The van der Waals surface area contributed by atoms with E-state index in [0.717, 1.165) is 31.2 Å². The molecule has 106 valence electrons. The van der Waals surface area contributed by atoms with Gasteiger partial charge in [-0.1, -0.05) is 12.1 Å². The predicted octanol–water partition coefficient (Wildman–Crippen LogP) is 2.88. The Morgan fingerprint density at radius 3 is 2.90 bits per heavy atom. The molecule has 4 nitrogen and oxygen atoms in total. The van der Waals surface area contributed by atoms with Crippen LogP contribution >= 0.6 is 0 Å². The van der Waals surface area contributed by atoms with Crippen LogP contribution in [0.25, 0.3) is 0 Å². The monoisotopic (exact) mass is 271 g/mol. The molecule has 0 amide bonds. The average molecular weight is 271 g/mol. The minimum absolute atomic E-state index is 0.769. The molecular weight excluding hydrogens is 250 g/mol. The van der Waals surface area contributed by atoms with E-state index in [-0.39, 0.29) is 0 Å². The smallest absolute Gasteiger partial charge is 0.119 e. The lowest BCUT2D eigenvalue weighted by Gasteiger charge is -2.32. The zero-order valence-electron chi connectivity index (χ0n) is 11.9. The molecule has 1 aliphatic rings. The van der Waals surface area contributed by atoms with Crippen molar-refractivity contribution in [1.82, 2.24) is 10.2 Å². The van der Waals surface area contributed by atoms with Gasteiger partial charge in [-0.05, 0) is 42.9 Å². The van der Waals surface area contributed by atoms with E-state index in [1.165, 1.54) is 24.1 Å². The van der Waals surface area contributed by atoms with Crippen LogP contribution in [-0.4, -0.2) is 30.4 Å². The SMILES string of the molecule is COc1cccc(CC2CCN(c3cn[nH]c3)CC2)c1. The summed E-state index contributed by atoms with van der Waals surface area (Å²) in [6, 6.07) is 8.44. The van der Waals surface area contributed by atoms with Gasteiger partial charge in [0.05, 0.1) is 19.0 Å². The molecule has 1 aromatic carbocycles. The Bertz CT molecular complexity index is 530. The molecular formula is C16H21N3O. The summed E-state index contributed by atoms with van der Waals surface area (Å²) in [5.74, 6) is 1.73. The van der Waals surface area contributed by atoms with Gasteiger partial charge in [0.1, 0.15) is 5.75 Å². The predicted molar refractivity (Wildman–Crippen MR) is 80.2 cm³/mol. The normalized spacial score (nSPS) is 16.4. The highest BCUT2D eigenvalue weighted by molar-refractivity contribution is 5.42. The first-order chi connectivity index (χ1) is 9.85. The molecule has 4 heteroatoms. The van der Waals surface area contributed by atoms with Crippen LogP contribution < -0.4 is 9.64 Å². The first kappa shape index (κ1) is 13.0. The third-order valence-electron chi connectivity index (χ3n) is 4.12. The zero-order valence-corrected chi connectivity index (χ0v) is 11.9. The Morgan fingerprint density at radius 2 is 2.20 bits per heavy atom. The lowest BCUT2D eigenvalue weighted by atomic mass is 9.90. The fraction of sp³-hybridized carbons (Fsp3) is 0.438. The average Bonchev–Trinajstić information content (AvgIpc) is 3.02. The van der Waals surface area contributed by atoms with Crippen LogP contribution in [0.3, 0.4) is 0 Å². The van der Waals surface area contributed by atoms with Crippen LogP contribution in [0.15, 0.2) is 36.7 Å². The number of benzene rings is 1. The maximum atomic E-state index is 5.29. The number of nitrogens with one attached hydrogen (secondary N) is 1. The molecule has 0 spiro atoms. The molecule has 1 N–H and O–H groups in total. The minimum Gasteiger partial charge on any atom is -0.497 e. The minimum atomic E-state index is 0.769. The zero-order chi connectivity index (χ0) is 13.8. The van der Waals surface area contributed by atoms with Crippen molar-refractivity contribution in [3.8, 4) is 5.75 Å². The Morgan fingerprint density at radius 1 is 1.35 bits per heavy atom. The van der Waals surface area contributed by atoms with E-state index in [1.54, 1.807) is 7.11 Å². The number of aromatic nitrogens is 2. The van der Waals surface area contributed by atoms with Gasteiger partial charge in [-0.25, -0.2) is 0 Å². The molecule has 1 aliphatic heterocycles. The third kappa shape index (κ3) is 2.95. The van der Waals surface area contributed by atoms with Gasteiger partial charge in [0.15, 0.2) is 0 Å². The Kier molecular flexibility index (Phi) is 3.90. The fourth-order valence-corrected chi connectivity index (χ4v) is 2.95. The molecule has 1 saturated heterocycles. The van der Waals surface area contributed by atoms with Crippen molar-refractivity contribution in [3.05, 3.63) is 42.2 Å². The summed E-state index contributed by atoms with van der Waals surface area (Å²) in [5.41, 5.74) is 2.59. The highest BCUT2D eigenvalue weighted by Crippen LogP contribution is 2.26. The molecule has 0 aliphatic carbocycles. The summed E-state index contributed by atoms with van der Waals surface area (Å²) in [4.78, 5) is 2.41. The molecule has 0 unspecified atom stereocenters. The fourth-order valence-electron chi connectivity index (χ4n) is 2.95. The van der Waals surface area contributed by atoms with E-state index in [1.807, 2.05) is 18.5 Å². The van der Waals surface area contributed by atoms with Gasteiger partial charge in [-0.15, -0.1) is 0 Å². The standard InChI is InChI=1S/C16H21N3O/c1-20-16-4-2-3-14(10-16)9-13-5-7-19(8-6-13)15-11-17-18-12-15/h2-4,10-13H,5-9H2,1H3,(H,17,18). The van der Waals surface area contributed by atoms with Crippen molar-refractivity contribution in [2.45, 2.75) is 19.3 Å². The summed E-state index contributed by atoms with van der Waals surface area (Å²) in [7, 11) is 1.72. The number of rotatable bonds is 4. The van der Waals surface area contributed by atoms with Crippen LogP contribution in [0.1, 0.15) is 18.4 Å². The maximum Gasteiger partial charge on any atom is 0.119 e. The van der Waals surface area contributed by atoms with Crippen molar-refractivity contribution in [2.75, 3.05) is 25.1 Å². The second kappa shape index (κ2) is 5.99. The second-order valence-electron chi connectivity index (χ2n) is 5.44. The van der Waals surface area contributed by atoms with Crippen molar-refractivity contribution in [3.63, 3.8) is 0 Å². The van der Waals surface area contributed by atoms with Gasteiger partial charge in [0.25, 0.3) is 0 Å². The topological polar surface area (TPSA) is 41.1 Å². The number of piperidine rings is 1. The van der Waals surface area contributed by atoms with E-state index in [2.05, 4.69) is 33.3 Å². The third-order valence-corrected chi connectivity index (χ3v) is 4.12. The van der Waals surface area contributed by atoms with Crippen LogP contribution in [-0.2, 0) is 6.42 Å². The first-order valence-corrected chi connectivity index (χ1v) is 7.22. The van der Waals surface area contributed by atoms with E-state index >= 15 is 0 Å². The molecule has 0 radical (unpaired) electrons. The van der Waals surface area contributed by atoms with E-state index < -0.39 is 0 Å². The van der Waals surface area contributed by atoms with Gasteiger partial charge >= 0.3 is 0 Å². The number of aromatic amines is 1. The van der Waals surface area contributed by atoms with E-state index in [4.69, 9.17) is 4.74 Å². The quantitative estimate of drug-likeness (QED) is 0.929. The molecule has 3 rings (SSSR count). The summed E-state index contributed by atoms with van der Waals surface area (Å²) < 4.78 is 5.29. The number of nitrogens with zero attached hydrogens (tertiary/aromatic N) is 2. The van der Waals surface area contributed by atoms with Crippen molar-refractivity contribution in [2.24, 2.45) is 5.92 Å². The Balaban J connectivity index is 1.55. The number of H-pyrrole nitrogens is 1. The molecule has 0 saturated carbocycles. The highest BCUT2D eigenvalue weighted by atomic mass is 16.5. The highest BCUT2D eigenvalue weighted by Gasteiger charge is 2.20. The van der Waals surface area contributed by atoms with E-state index in [0.29, 0.717) is 0 Å². The van der Waals surface area contributed by atoms with Crippen molar-refractivity contribution in [1.29, 1.82) is 0 Å². The summed E-state index contributed by atoms with van der Waals surface area (Å²) in [5, 5.41) is 6.91. The van der Waals surface area contributed by atoms with Gasteiger partial charge < -0.3 is 9.64 Å². The van der Waals surface area contributed by atoms with Crippen LogP contribution in [0.5, 0.6) is 5.75 Å². The molecule has 0 atom stereocenters. The lowest BCUT2D eigenvalue weighted by molar-refractivity contribution is 0.399. The molecule has 2 heterocycles. The maximum absolute atomic E-state index is 5.29. The van der Waals surface area contributed by atoms with Gasteiger partial charge in [0, 0.05) is 19.3 Å². The number of anilines is 1. The van der Waals surface area contributed by atoms with Crippen molar-refractivity contribution < 1.29 is 4.74 Å². The summed E-state index contributed by atoms with van der Waals surface area (Å²) >= 11 is 0. The number of hydrogen-bond donors (Lipinski definition) is 1. The van der Waals surface area contributed by atoms with E-state index in [9.17, 15) is 0 Å². The van der Waals surface area contributed by atoms with Crippen LogP contribution in [0.4, 0.5) is 5.69 Å². The molecule has 0 bridgehead atoms. The first-order valence-electron chi connectivity index (χ1n) is 7.22. The van der Waals surface area contributed by atoms with Crippen LogP contribution in [0, 0.1) is 5.92 Å². The number of methoxy groups -OCH3 is 1.